The van der Waals surface area contributed by atoms with Gasteiger partial charge in [-0.2, -0.15) is 0 Å². The van der Waals surface area contributed by atoms with E-state index in [-0.39, 0.29) is 6.10 Å². The predicted octanol–water partition coefficient (Wildman–Crippen LogP) is 2.93. The monoisotopic (exact) mass is 169 g/mol. The fraction of sp³-hybridized carbons (Fsp3) is 0.333. The molecule has 1 rings (SSSR count). The second-order valence-corrected chi connectivity index (χ2v) is 2.93. The van der Waals surface area contributed by atoms with Crippen LogP contribution in [0.25, 0.3) is 0 Å². The third-order valence-electron chi connectivity index (χ3n) is 1.14. The minimum atomic E-state index is 0.162. The molecule has 0 unspecified atom stereocenters. The Morgan fingerprint density at radius 2 is 2.27 bits per heavy atom. The maximum Gasteiger partial charge on any atom is 0.138 e. The molecule has 0 N–H and O–H groups in total. The van der Waals surface area contributed by atoms with E-state index in [1.54, 1.807) is 12.1 Å². The van der Waals surface area contributed by atoms with E-state index in [0.717, 1.165) is 5.75 Å². The fourth-order valence-electron chi connectivity index (χ4n) is 0.745. The maximum atomic E-state index is 5.81. The van der Waals surface area contributed by atoms with Crippen molar-refractivity contribution in [3.8, 4) is 5.75 Å². The van der Waals surface area contributed by atoms with Gasteiger partial charge in [-0.25, -0.2) is 0 Å². The average Bonchev–Trinajstić information content (AvgIpc) is 1.93. The molecule has 0 amide bonds. The molecule has 0 bridgehead atoms. The number of halogens is 1. The zero-order chi connectivity index (χ0) is 8.27. The lowest BCUT2D eigenvalue weighted by molar-refractivity contribution is 0.242. The molecule has 0 saturated heterocycles. The molecular formula is C9H10ClO. The molecule has 0 aliphatic carbocycles. The minimum Gasteiger partial charge on any atom is -0.489 e. The first-order valence-corrected chi connectivity index (χ1v) is 3.90. The molecule has 0 atom stereocenters. The van der Waals surface area contributed by atoms with E-state index in [2.05, 4.69) is 6.07 Å². The van der Waals surface area contributed by atoms with E-state index < -0.39 is 0 Å². The van der Waals surface area contributed by atoms with Gasteiger partial charge < -0.3 is 4.74 Å². The summed E-state index contributed by atoms with van der Waals surface area (Å²) in [6.45, 7) is 3.93. The first-order valence-electron chi connectivity index (χ1n) is 3.52. The van der Waals surface area contributed by atoms with Gasteiger partial charge in [-0.05, 0) is 32.0 Å². The van der Waals surface area contributed by atoms with E-state index in [1.165, 1.54) is 0 Å². The Balaban J connectivity index is 2.78. The third-order valence-corrected chi connectivity index (χ3v) is 1.43. The molecule has 0 aliphatic heterocycles. The van der Waals surface area contributed by atoms with Crippen LogP contribution in [0.15, 0.2) is 18.2 Å². The van der Waals surface area contributed by atoms with Gasteiger partial charge in [0.05, 0.1) is 11.1 Å². The van der Waals surface area contributed by atoms with Crippen molar-refractivity contribution in [1.29, 1.82) is 0 Å². The molecule has 1 nitrogen and oxygen atoms in total. The number of ether oxygens (including phenoxy) is 1. The summed E-state index contributed by atoms with van der Waals surface area (Å²) in [6, 6.07) is 8.15. The molecule has 2 heteroatoms. The predicted molar refractivity (Wildman–Crippen MR) is 46.1 cm³/mol. The van der Waals surface area contributed by atoms with Gasteiger partial charge in [0.1, 0.15) is 5.75 Å². The van der Waals surface area contributed by atoms with Crippen molar-refractivity contribution in [2.24, 2.45) is 0 Å². The van der Waals surface area contributed by atoms with E-state index in [1.807, 2.05) is 19.9 Å². The highest BCUT2D eigenvalue weighted by atomic mass is 35.5. The van der Waals surface area contributed by atoms with Crippen LogP contribution in [0.4, 0.5) is 0 Å². The van der Waals surface area contributed by atoms with Crippen LogP contribution in [0.3, 0.4) is 0 Å². The van der Waals surface area contributed by atoms with E-state index in [4.69, 9.17) is 16.3 Å². The Morgan fingerprint density at radius 1 is 1.55 bits per heavy atom. The van der Waals surface area contributed by atoms with Gasteiger partial charge in [0.15, 0.2) is 0 Å². The highest BCUT2D eigenvalue weighted by molar-refractivity contribution is 6.32. The van der Waals surface area contributed by atoms with Gasteiger partial charge in [0.25, 0.3) is 0 Å². The molecule has 0 spiro atoms. The topological polar surface area (TPSA) is 9.23 Å². The van der Waals surface area contributed by atoms with Crippen molar-refractivity contribution in [2.45, 2.75) is 20.0 Å². The van der Waals surface area contributed by atoms with E-state index >= 15 is 0 Å². The molecule has 0 saturated carbocycles. The van der Waals surface area contributed by atoms with Crippen LogP contribution >= 0.6 is 11.6 Å². The zero-order valence-corrected chi connectivity index (χ0v) is 7.35. The van der Waals surface area contributed by atoms with Crippen molar-refractivity contribution in [3.63, 3.8) is 0 Å². The molecule has 0 fully saturated rings. The summed E-state index contributed by atoms with van der Waals surface area (Å²) >= 11 is 5.81. The van der Waals surface area contributed by atoms with Crippen LogP contribution in [-0.4, -0.2) is 6.10 Å². The molecular weight excluding hydrogens is 160 g/mol. The summed E-state index contributed by atoms with van der Waals surface area (Å²) in [5, 5.41) is 0.612. The third kappa shape index (κ3) is 2.43. The van der Waals surface area contributed by atoms with Gasteiger partial charge in [-0.15, -0.1) is 0 Å². The van der Waals surface area contributed by atoms with Gasteiger partial charge in [-0.3, -0.25) is 0 Å². The molecule has 59 valence electrons. The van der Waals surface area contributed by atoms with Crippen LogP contribution < -0.4 is 4.74 Å². The molecule has 11 heavy (non-hydrogen) atoms. The highest BCUT2D eigenvalue weighted by Gasteiger charge is 2.00. The minimum absolute atomic E-state index is 0.162. The number of rotatable bonds is 2. The molecule has 0 heterocycles. The lowest BCUT2D eigenvalue weighted by atomic mass is 10.3. The van der Waals surface area contributed by atoms with E-state index in [0.29, 0.717) is 5.02 Å². The van der Waals surface area contributed by atoms with Crippen molar-refractivity contribution in [2.75, 3.05) is 0 Å². The quantitative estimate of drug-likeness (QED) is 0.662. The van der Waals surface area contributed by atoms with Gasteiger partial charge >= 0.3 is 0 Å². The summed E-state index contributed by atoms with van der Waals surface area (Å²) in [5.74, 6) is 0.723. The highest BCUT2D eigenvalue weighted by Crippen LogP contribution is 2.23. The normalized spacial score (nSPS) is 10.2. The van der Waals surface area contributed by atoms with Crippen LogP contribution in [0.5, 0.6) is 5.75 Å². The average molecular weight is 170 g/mol. The lowest BCUT2D eigenvalue weighted by Crippen LogP contribution is -2.05. The number of benzene rings is 1. The number of hydrogen-bond acceptors (Lipinski definition) is 1. The molecule has 0 aliphatic rings. The Morgan fingerprint density at radius 3 is 2.82 bits per heavy atom. The second-order valence-electron chi connectivity index (χ2n) is 2.52. The zero-order valence-electron chi connectivity index (χ0n) is 6.60. The Labute approximate surface area is 71.9 Å². The smallest absolute Gasteiger partial charge is 0.138 e. The first kappa shape index (κ1) is 8.41. The van der Waals surface area contributed by atoms with Crippen LogP contribution in [-0.2, 0) is 0 Å². The molecule has 1 radical (unpaired) electrons. The van der Waals surface area contributed by atoms with E-state index in [9.17, 15) is 0 Å². The maximum absolute atomic E-state index is 5.81. The van der Waals surface area contributed by atoms with Crippen LogP contribution in [0.2, 0.25) is 5.02 Å². The Kier molecular flexibility index (Phi) is 2.77. The van der Waals surface area contributed by atoms with Gasteiger partial charge in [0, 0.05) is 0 Å². The van der Waals surface area contributed by atoms with Crippen molar-refractivity contribution in [3.05, 3.63) is 29.3 Å². The van der Waals surface area contributed by atoms with Crippen molar-refractivity contribution < 1.29 is 4.74 Å². The van der Waals surface area contributed by atoms with Crippen LogP contribution in [0, 0.1) is 6.07 Å². The summed E-state index contributed by atoms with van der Waals surface area (Å²) in [6.07, 6.45) is 0.162. The SMILES string of the molecule is CC(C)Oc1cc[c]cc1Cl. The molecule has 1 aromatic rings. The largest absolute Gasteiger partial charge is 0.489 e. The number of hydrogen-bond donors (Lipinski definition) is 0. The van der Waals surface area contributed by atoms with Crippen molar-refractivity contribution >= 4 is 11.6 Å². The summed E-state index contributed by atoms with van der Waals surface area (Å²) in [4.78, 5) is 0. The summed E-state index contributed by atoms with van der Waals surface area (Å²) in [7, 11) is 0. The second kappa shape index (κ2) is 3.63. The Hall–Kier alpha value is -0.690. The summed E-state index contributed by atoms with van der Waals surface area (Å²) in [5.41, 5.74) is 0. The van der Waals surface area contributed by atoms with Crippen molar-refractivity contribution in [1.82, 2.24) is 0 Å². The summed E-state index contributed by atoms with van der Waals surface area (Å²) < 4.78 is 5.39. The van der Waals surface area contributed by atoms with Gasteiger partial charge in [-0.1, -0.05) is 17.7 Å². The lowest BCUT2D eigenvalue weighted by Gasteiger charge is -2.09. The Bertz CT molecular complexity index is 233. The fourth-order valence-corrected chi connectivity index (χ4v) is 0.916. The van der Waals surface area contributed by atoms with Gasteiger partial charge in [0.2, 0.25) is 0 Å². The standard InChI is InChI=1S/C9H10ClO/c1-7(2)11-9-6-4-3-5-8(9)10/h4-7H,1-2H3. The molecule has 0 aromatic heterocycles. The first-order chi connectivity index (χ1) is 5.20. The van der Waals surface area contributed by atoms with Crippen LogP contribution in [0.1, 0.15) is 13.8 Å². The molecule has 1 aromatic carbocycles.